The van der Waals surface area contributed by atoms with Gasteiger partial charge in [0.1, 0.15) is 10.8 Å². The number of halogens is 1. The van der Waals surface area contributed by atoms with Crippen molar-refractivity contribution < 1.29 is 5.11 Å². The third-order valence-corrected chi connectivity index (χ3v) is 4.88. The summed E-state index contributed by atoms with van der Waals surface area (Å²) in [6, 6.07) is 2.02. The summed E-state index contributed by atoms with van der Waals surface area (Å²) in [5.74, 6) is 0. The smallest absolute Gasteiger partial charge is 0.130 e. The van der Waals surface area contributed by atoms with Crippen LogP contribution in [0.2, 0.25) is 5.15 Å². The molecule has 0 amide bonds. The molecule has 0 aromatic carbocycles. The summed E-state index contributed by atoms with van der Waals surface area (Å²) in [6.07, 6.45) is 0.479. The van der Waals surface area contributed by atoms with Gasteiger partial charge in [-0.25, -0.2) is 0 Å². The Morgan fingerprint density at radius 2 is 2.17 bits per heavy atom. The lowest BCUT2D eigenvalue weighted by atomic mass is 9.93. The number of aromatic nitrogens is 2. The summed E-state index contributed by atoms with van der Waals surface area (Å²) in [5.41, 5.74) is 1.99. The van der Waals surface area contributed by atoms with E-state index in [0.717, 1.165) is 21.7 Å². The summed E-state index contributed by atoms with van der Waals surface area (Å²) in [7, 11) is 1.81. The van der Waals surface area contributed by atoms with Gasteiger partial charge in [-0.2, -0.15) is 5.10 Å². The minimum Gasteiger partial charge on any atom is -0.384 e. The monoisotopic (exact) mass is 284 g/mol. The van der Waals surface area contributed by atoms with Crippen molar-refractivity contribution in [3.05, 3.63) is 38.3 Å². The summed E-state index contributed by atoms with van der Waals surface area (Å²) >= 11 is 7.79. The molecule has 3 nitrogen and oxygen atoms in total. The Labute approximate surface area is 116 Å². The van der Waals surface area contributed by atoms with E-state index < -0.39 is 5.60 Å². The molecule has 1 unspecified atom stereocenters. The molecule has 0 spiro atoms. The van der Waals surface area contributed by atoms with Crippen LogP contribution in [0.5, 0.6) is 0 Å². The second-order valence-electron chi connectivity index (χ2n) is 4.86. The first-order valence-electron chi connectivity index (χ1n) is 5.78. The Bertz CT molecular complexity index is 572. The maximum Gasteiger partial charge on any atom is 0.130 e. The highest BCUT2D eigenvalue weighted by molar-refractivity contribution is 7.10. The molecule has 0 radical (unpaired) electrons. The van der Waals surface area contributed by atoms with E-state index in [0.29, 0.717) is 11.6 Å². The van der Waals surface area contributed by atoms with Crippen molar-refractivity contribution in [2.24, 2.45) is 7.05 Å². The Kier molecular flexibility index (Phi) is 3.54. The molecular weight excluding hydrogens is 268 g/mol. The van der Waals surface area contributed by atoms with Gasteiger partial charge in [-0.1, -0.05) is 11.6 Å². The summed E-state index contributed by atoms with van der Waals surface area (Å²) in [4.78, 5) is 0.988. The predicted octanol–water partition coefficient (Wildman–Crippen LogP) is 3.20. The van der Waals surface area contributed by atoms with Crippen molar-refractivity contribution in [3.8, 4) is 0 Å². The molecule has 0 saturated heterocycles. The van der Waals surface area contributed by atoms with Gasteiger partial charge in [0.25, 0.3) is 0 Å². The molecule has 0 aliphatic carbocycles. The number of rotatable bonds is 3. The minimum atomic E-state index is -0.907. The van der Waals surface area contributed by atoms with E-state index in [1.807, 2.05) is 39.3 Å². The highest BCUT2D eigenvalue weighted by atomic mass is 35.5. The van der Waals surface area contributed by atoms with E-state index in [9.17, 15) is 5.11 Å². The second-order valence-corrected chi connectivity index (χ2v) is 6.14. The molecule has 2 heterocycles. The van der Waals surface area contributed by atoms with Crippen molar-refractivity contribution in [3.63, 3.8) is 0 Å². The number of hydrogen-bond donors (Lipinski definition) is 1. The quantitative estimate of drug-likeness (QED) is 0.940. The van der Waals surface area contributed by atoms with Gasteiger partial charge in [-0.05, 0) is 37.8 Å². The van der Waals surface area contributed by atoms with Gasteiger partial charge in [-0.15, -0.1) is 11.3 Å². The van der Waals surface area contributed by atoms with Gasteiger partial charge in [0, 0.05) is 23.9 Å². The fraction of sp³-hybridized carbons (Fsp3) is 0.462. The molecule has 5 heteroatoms. The average Bonchev–Trinajstić information content (AvgIpc) is 2.79. The molecule has 2 aromatic heterocycles. The van der Waals surface area contributed by atoms with Crippen LogP contribution in [-0.4, -0.2) is 14.9 Å². The molecule has 0 aliphatic heterocycles. The molecule has 1 N–H and O–H groups in total. The largest absolute Gasteiger partial charge is 0.384 e. The Hall–Kier alpha value is -0.840. The number of nitrogens with zero attached hydrogens (tertiary/aromatic N) is 2. The van der Waals surface area contributed by atoms with Gasteiger partial charge in [-0.3, -0.25) is 4.68 Å². The van der Waals surface area contributed by atoms with Crippen LogP contribution < -0.4 is 0 Å². The van der Waals surface area contributed by atoms with Gasteiger partial charge >= 0.3 is 0 Å². The van der Waals surface area contributed by atoms with E-state index in [1.165, 1.54) is 0 Å². The van der Waals surface area contributed by atoms with Crippen LogP contribution in [0.4, 0.5) is 0 Å². The van der Waals surface area contributed by atoms with E-state index >= 15 is 0 Å². The molecular formula is C13H17ClN2OS. The van der Waals surface area contributed by atoms with Crippen molar-refractivity contribution in [1.82, 2.24) is 9.78 Å². The van der Waals surface area contributed by atoms with Crippen LogP contribution >= 0.6 is 22.9 Å². The highest BCUT2D eigenvalue weighted by Crippen LogP contribution is 2.34. The maximum absolute atomic E-state index is 10.7. The summed E-state index contributed by atoms with van der Waals surface area (Å²) < 4.78 is 1.64. The Morgan fingerprint density at radius 3 is 2.61 bits per heavy atom. The van der Waals surface area contributed by atoms with Crippen molar-refractivity contribution in [1.29, 1.82) is 0 Å². The molecule has 0 fully saturated rings. The van der Waals surface area contributed by atoms with Crippen molar-refractivity contribution >= 4 is 22.9 Å². The maximum atomic E-state index is 10.7. The molecule has 98 valence electrons. The number of aryl methyl sites for hydroxylation is 3. The van der Waals surface area contributed by atoms with Gasteiger partial charge in [0.05, 0.1) is 5.69 Å². The fourth-order valence-electron chi connectivity index (χ4n) is 2.22. The zero-order chi connectivity index (χ0) is 13.5. The normalized spacial score (nSPS) is 14.8. The minimum absolute atomic E-state index is 0.479. The van der Waals surface area contributed by atoms with Crippen molar-refractivity contribution in [2.45, 2.75) is 32.8 Å². The van der Waals surface area contributed by atoms with Crippen LogP contribution in [-0.2, 0) is 19.1 Å². The van der Waals surface area contributed by atoms with E-state index in [-0.39, 0.29) is 0 Å². The number of aliphatic hydroxyl groups is 1. The van der Waals surface area contributed by atoms with Crippen molar-refractivity contribution in [2.75, 3.05) is 0 Å². The van der Waals surface area contributed by atoms with Crippen LogP contribution in [0.15, 0.2) is 11.4 Å². The molecule has 0 saturated carbocycles. The lowest BCUT2D eigenvalue weighted by Crippen LogP contribution is -2.24. The van der Waals surface area contributed by atoms with Crippen LogP contribution in [0.1, 0.15) is 28.6 Å². The average molecular weight is 285 g/mol. The highest BCUT2D eigenvalue weighted by Gasteiger charge is 2.29. The van der Waals surface area contributed by atoms with Crippen LogP contribution in [0.25, 0.3) is 0 Å². The zero-order valence-corrected chi connectivity index (χ0v) is 12.6. The molecule has 2 rings (SSSR count). The van der Waals surface area contributed by atoms with Crippen LogP contribution in [0.3, 0.4) is 0 Å². The second kappa shape index (κ2) is 4.68. The predicted molar refractivity (Wildman–Crippen MR) is 75.3 cm³/mol. The van der Waals surface area contributed by atoms with Gasteiger partial charge in [0.15, 0.2) is 0 Å². The van der Waals surface area contributed by atoms with E-state index in [4.69, 9.17) is 11.6 Å². The standard InChI is InChI=1S/C13H17ClN2OS/c1-8-5-6-18-11(8)13(3,17)7-10-9(2)15-16(4)12(10)14/h5-6,17H,7H2,1-4H3. The Morgan fingerprint density at radius 1 is 1.50 bits per heavy atom. The lowest BCUT2D eigenvalue weighted by Gasteiger charge is -2.23. The third kappa shape index (κ3) is 2.32. The fourth-order valence-corrected chi connectivity index (χ4v) is 3.45. The number of thiophene rings is 1. The number of hydrogen-bond acceptors (Lipinski definition) is 3. The third-order valence-electron chi connectivity index (χ3n) is 3.14. The SMILES string of the molecule is Cc1ccsc1C(C)(O)Cc1c(C)nn(C)c1Cl. The topological polar surface area (TPSA) is 38.1 Å². The molecule has 18 heavy (non-hydrogen) atoms. The Balaban J connectivity index is 2.36. The summed E-state index contributed by atoms with van der Waals surface area (Å²) in [5, 5.41) is 17.6. The summed E-state index contributed by atoms with van der Waals surface area (Å²) in [6.45, 7) is 5.76. The van der Waals surface area contributed by atoms with E-state index in [2.05, 4.69) is 5.10 Å². The molecule has 0 aliphatic rings. The van der Waals surface area contributed by atoms with Gasteiger partial charge < -0.3 is 5.11 Å². The first-order chi connectivity index (χ1) is 8.33. The van der Waals surface area contributed by atoms with Crippen LogP contribution in [0, 0.1) is 13.8 Å². The molecule has 0 bridgehead atoms. The first kappa shape index (κ1) is 13.6. The zero-order valence-electron chi connectivity index (χ0n) is 11.0. The first-order valence-corrected chi connectivity index (χ1v) is 7.03. The molecule has 1 atom stereocenters. The van der Waals surface area contributed by atoms with E-state index in [1.54, 1.807) is 16.0 Å². The molecule has 2 aromatic rings. The van der Waals surface area contributed by atoms with Gasteiger partial charge in [0.2, 0.25) is 0 Å². The lowest BCUT2D eigenvalue weighted by molar-refractivity contribution is 0.0607.